The van der Waals surface area contributed by atoms with Gasteiger partial charge in [0.2, 0.25) is 0 Å². The van der Waals surface area contributed by atoms with Crippen molar-refractivity contribution >= 4 is 23.7 Å². The second-order valence-electron chi connectivity index (χ2n) is 14.7. The fourth-order valence-electron chi connectivity index (χ4n) is 9.86. The minimum absolute atomic E-state index is 0.00542. The molecule has 0 unspecified atom stereocenters. The van der Waals surface area contributed by atoms with Crippen molar-refractivity contribution in [3.05, 3.63) is 22.8 Å². The van der Waals surface area contributed by atoms with E-state index in [1.54, 1.807) is 13.0 Å². The van der Waals surface area contributed by atoms with Crippen LogP contribution in [0.2, 0.25) is 0 Å². The van der Waals surface area contributed by atoms with Crippen LogP contribution in [-0.4, -0.2) is 41.0 Å². The Balaban J connectivity index is 1.70. The molecule has 0 spiro atoms. The number of carbonyl (C=O) groups excluding carboxylic acids is 3. The quantitative estimate of drug-likeness (QED) is 0.264. The number of rotatable bonds is 7. The SMILES string of the molecule is CC(=O)O[C@@H](C/C=C(\C)C(=O)O)[C@@H](C)[C@H]1CC[C@@]2(C)C3=C(CC[C@]12C)[C@@]1(C)CC[C@@H](OC(C)=O)C(C)(C)[C@@H]1CC3=O. The zero-order valence-corrected chi connectivity index (χ0v) is 26.5. The summed E-state index contributed by atoms with van der Waals surface area (Å²) in [6, 6.07) is 0. The molecule has 4 aliphatic carbocycles. The molecule has 228 valence electrons. The lowest BCUT2D eigenvalue weighted by molar-refractivity contribution is -0.168. The number of carboxylic acids is 1. The summed E-state index contributed by atoms with van der Waals surface area (Å²) in [5, 5.41) is 9.34. The van der Waals surface area contributed by atoms with Gasteiger partial charge in [0.1, 0.15) is 12.2 Å². The van der Waals surface area contributed by atoms with Crippen LogP contribution < -0.4 is 0 Å². The fourth-order valence-corrected chi connectivity index (χ4v) is 9.86. The molecule has 41 heavy (non-hydrogen) atoms. The Morgan fingerprint density at radius 2 is 1.66 bits per heavy atom. The van der Waals surface area contributed by atoms with E-state index in [9.17, 15) is 24.3 Å². The monoisotopic (exact) mass is 570 g/mol. The summed E-state index contributed by atoms with van der Waals surface area (Å²) in [5.74, 6) is -1.01. The molecule has 0 bridgehead atoms. The third-order valence-electron chi connectivity index (χ3n) is 12.4. The van der Waals surface area contributed by atoms with Crippen LogP contribution in [0, 0.1) is 39.4 Å². The third kappa shape index (κ3) is 4.99. The van der Waals surface area contributed by atoms with Crippen molar-refractivity contribution in [1.82, 2.24) is 0 Å². The summed E-state index contributed by atoms with van der Waals surface area (Å²) in [5.41, 5.74) is 1.76. The average molecular weight is 571 g/mol. The lowest BCUT2D eigenvalue weighted by atomic mass is 9.43. The van der Waals surface area contributed by atoms with Gasteiger partial charge >= 0.3 is 17.9 Å². The van der Waals surface area contributed by atoms with Crippen molar-refractivity contribution in [2.45, 2.75) is 126 Å². The van der Waals surface area contributed by atoms with Gasteiger partial charge in [0, 0.05) is 48.7 Å². The number of carbonyl (C=O) groups is 4. The molecule has 0 aromatic rings. The number of hydrogen-bond donors (Lipinski definition) is 1. The van der Waals surface area contributed by atoms with E-state index in [0.29, 0.717) is 12.8 Å². The molecular weight excluding hydrogens is 520 g/mol. The molecule has 8 atom stereocenters. The first-order valence-corrected chi connectivity index (χ1v) is 15.4. The normalized spacial score (nSPS) is 37.8. The van der Waals surface area contributed by atoms with Crippen LogP contribution in [-0.2, 0) is 28.7 Å². The number of Topliss-reactive ketones (excluding diaryl/α,β-unsaturated/α-hetero) is 1. The molecule has 0 radical (unpaired) electrons. The first-order chi connectivity index (χ1) is 18.9. The Bertz CT molecular complexity index is 1190. The van der Waals surface area contributed by atoms with Crippen molar-refractivity contribution in [2.75, 3.05) is 0 Å². The van der Waals surface area contributed by atoms with Crippen LogP contribution in [0.1, 0.15) is 114 Å². The zero-order valence-electron chi connectivity index (χ0n) is 26.5. The molecule has 0 saturated heterocycles. The second kappa shape index (κ2) is 10.7. The maximum atomic E-state index is 14.2. The summed E-state index contributed by atoms with van der Waals surface area (Å²) in [6.07, 6.45) is 7.23. The Hall–Kier alpha value is -2.44. The number of ketones is 1. The van der Waals surface area contributed by atoms with Crippen molar-refractivity contribution in [3.8, 4) is 0 Å². The minimum Gasteiger partial charge on any atom is -0.478 e. The Labute approximate surface area is 245 Å². The van der Waals surface area contributed by atoms with Crippen molar-refractivity contribution in [3.63, 3.8) is 0 Å². The van der Waals surface area contributed by atoms with E-state index in [1.807, 2.05) is 0 Å². The van der Waals surface area contributed by atoms with E-state index in [1.165, 1.54) is 19.4 Å². The van der Waals surface area contributed by atoms with Gasteiger partial charge in [-0.1, -0.05) is 53.2 Å². The van der Waals surface area contributed by atoms with E-state index in [4.69, 9.17) is 9.47 Å². The number of fused-ring (bicyclic) bond motifs is 4. The van der Waals surface area contributed by atoms with Crippen LogP contribution in [0.5, 0.6) is 0 Å². The van der Waals surface area contributed by atoms with Gasteiger partial charge < -0.3 is 14.6 Å². The Morgan fingerprint density at radius 1 is 1.00 bits per heavy atom. The first-order valence-electron chi connectivity index (χ1n) is 15.4. The number of carboxylic acid groups (broad SMARTS) is 1. The first kappa shape index (κ1) is 31.5. The van der Waals surface area contributed by atoms with Gasteiger partial charge in [-0.25, -0.2) is 4.79 Å². The molecule has 0 aromatic heterocycles. The van der Waals surface area contributed by atoms with Gasteiger partial charge in [0.05, 0.1) is 0 Å². The summed E-state index contributed by atoms with van der Waals surface area (Å²) in [4.78, 5) is 49.6. The molecule has 7 nitrogen and oxygen atoms in total. The molecular formula is C34H50O7. The summed E-state index contributed by atoms with van der Waals surface area (Å²) in [6.45, 7) is 17.9. The number of allylic oxidation sites excluding steroid dienone is 2. The molecule has 1 N–H and O–H groups in total. The van der Waals surface area contributed by atoms with E-state index < -0.39 is 12.1 Å². The van der Waals surface area contributed by atoms with Gasteiger partial charge in [-0.3, -0.25) is 14.4 Å². The molecule has 4 aliphatic rings. The van der Waals surface area contributed by atoms with Gasteiger partial charge in [0.25, 0.3) is 0 Å². The predicted octanol–water partition coefficient (Wildman–Crippen LogP) is 6.84. The number of aliphatic carboxylic acids is 1. The van der Waals surface area contributed by atoms with Crippen LogP contribution in [0.25, 0.3) is 0 Å². The van der Waals surface area contributed by atoms with Crippen LogP contribution in [0.3, 0.4) is 0 Å². The molecule has 4 rings (SSSR count). The maximum Gasteiger partial charge on any atom is 0.330 e. The van der Waals surface area contributed by atoms with E-state index in [2.05, 4.69) is 41.5 Å². The molecule has 0 aromatic carbocycles. The summed E-state index contributed by atoms with van der Waals surface area (Å²) >= 11 is 0. The van der Waals surface area contributed by atoms with Crippen LogP contribution >= 0.6 is 0 Å². The summed E-state index contributed by atoms with van der Waals surface area (Å²) < 4.78 is 11.6. The summed E-state index contributed by atoms with van der Waals surface area (Å²) in [7, 11) is 0. The van der Waals surface area contributed by atoms with E-state index >= 15 is 0 Å². The van der Waals surface area contributed by atoms with Gasteiger partial charge in [-0.2, -0.15) is 0 Å². The largest absolute Gasteiger partial charge is 0.478 e. The van der Waals surface area contributed by atoms with E-state index in [0.717, 1.165) is 44.1 Å². The highest BCUT2D eigenvalue weighted by Crippen LogP contribution is 2.72. The predicted molar refractivity (Wildman–Crippen MR) is 156 cm³/mol. The molecule has 7 heteroatoms. The fraction of sp³-hybridized carbons (Fsp3) is 0.765. The lowest BCUT2D eigenvalue weighted by Gasteiger charge is -2.61. The average Bonchev–Trinajstić information content (AvgIpc) is 3.14. The van der Waals surface area contributed by atoms with Crippen LogP contribution in [0.15, 0.2) is 22.8 Å². The second-order valence-corrected chi connectivity index (χ2v) is 14.7. The van der Waals surface area contributed by atoms with Crippen molar-refractivity contribution in [1.29, 1.82) is 0 Å². The Kier molecular flexibility index (Phi) is 8.20. The smallest absolute Gasteiger partial charge is 0.330 e. The highest BCUT2D eigenvalue weighted by Gasteiger charge is 2.66. The van der Waals surface area contributed by atoms with Crippen molar-refractivity contribution in [2.24, 2.45) is 39.4 Å². The van der Waals surface area contributed by atoms with E-state index in [-0.39, 0.29) is 68.8 Å². The zero-order chi connectivity index (χ0) is 30.7. The maximum absolute atomic E-state index is 14.2. The topological polar surface area (TPSA) is 107 Å². The van der Waals surface area contributed by atoms with Gasteiger partial charge in [-0.05, 0) is 74.0 Å². The standard InChI is InChI=1S/C34H50O7/c1-19(30(38)39)10-11-26(40-21(3)35)20(2)23-12-17-34(9)29-24(13-16-33(23,34)8)32(7)15-14-28(41-22(4)36)31(5,6)27(32)18-25(29)37/h10,20,23,26-28H,11-18H2,1-9H3,(H,38,39)/b19-10+/t20-,23+,26-,27-,28+,32+,33+,34-/m0/s1. The molecule has 2 saturated carbocycles. The van der Waals surface area contributed by atoms with Gasteiger partial charge in [-0.15, -0.1) is 0 Å². The van der Waals surface area contributed by atoms with Crippen molar-refractivity contribution < 1.29 is 33.8 Å². The number of esters is 2. The number of ether oxygens (including phenoxy) is 2. The van der Waals surface area contributed by atoms with Gasteiger partial charge in [0.15, 0.2) is 5.78 Å². The molecule has 0 aliphatic heterocycles. The molecule has 0 amide bonds. The highest BCUT2D eigenvalue weighted by molar-refractivity contribution is 5.99. The molecule has 2 fully saturated rings. The third-order valence-corrected chi connectivity index (χ3v) is 12.4. The molecule has 0 heterocycles. The Morgan fingerprint density at radius 3 is 2.24 bits per heavy atom. The lowest BCUT2D eigenvalue weighted by Crippen LogP contribution is -2.57. The highest BCUT2D eigenvalue weighted by atomic mass is 16.5. The minimum atomic E-state index is -0.973. The number of hydrogen-bond acceptors (Lipinski definition) is 6. The van der Waals surface area contributed by atoms with Crippen LogP contribution in [0.4, 0.5) is 0 Å².